The van der Waals surface area contributed by atoms with Gasteiger partial charge >= 0.3 is 0 Å². The van der Waals surface area contributed by atoms with Crippen molar-refractivity contribution < 1.29 is 4.74 Å². The third-order valence-corrected chi connectivity index (χ3v) is 1.33. The van der Waals surface area contributed by atoms with E-state index in [0.717, 1.165) is 0 Å². The summed E-state index contributed by atoms with van der Waals surface area (Å²) >= 11 is 0. The van der Waals surface area contributed by atoms with E-state index in [1.807, 2.05) is 13.0 Å². The van der Waals surface area contributed by atoms with Crippen molar-refractivity contribution in [3.63, 3.8) is 0 Å². The van der Waals surface area contributed by atoms with Crippen LogP contribution >= 0.6 is 0 Å². The van der Waals surface area contributed by atoms with Crippen LogP contribution in [0.4, 0.5) is 0 Å². The molecule has 13 heavy (non-hydrogen) atoms. The molecule has 0 unspecified atom stereocenters. The number of allylic oxidation sites excluding steroid dienone is 1. The normalized spacial score (nSPS) is 11.0. The smallest absolute Gasteiger partial charge is 0.194 e. The summed E-state index contributed by atoms with van der Waals surface area (Å²) in [4.78, 5) is 4.00. The van der Waals surface area contributed by atoms with Gasteiger partial charge in [0.05, 0.1) is 6.61 Å². The van der Waals surface area contributed by atoms with Crippen LogP contribution in [-0.4, -0.2) is 21.8 Å². The first-order valence-corrected chi connectivity index (χ1v) is 3.89. The number of ether oxygens (including phenoxy) is 1. The third kappa shape index (κ3) is 2.30. The van der Waals surface area contributed by atoms with E-state index in [4.69, 9.17) is 10.00 Å². The fraction of sp³-hybridized carbons (Fsp3) is 0.375. The summed E-state index contributed by atoms with van der Waals surface area (Å²) in [5.74, 6) is 1.04. The van der Waals surface area contributed by atoms with Crippen LogP contribution < -0.4 is 0 Å². The summed E-state index contributed by atoms with van der Waals surface area (Å²) in [5.41, 5.74) is 0.325. The highest BCUT2D eigenvalue weighted by atomic mass is 16.5. The minimum Gasteiger partial charge on any atom is -0.500 e. The number of aromatic nitrogens is 3. The van der Waals surface area contributed by atoms with Gasteiger partial charge in [0, 0.05) is 0 Å². The Labute approximate surface area is 76.1 Å². The summed E-state index contributed by atoms with van der Waals surface area (Å²) in [7, 11) is 0. The Balaban J connectivity index is 2.86. The molecule has 0 spiro atoms. The standard InChI is InChI=1S/C8H10N4O/c1-3-13-5-7(4-9)8-10-6(2)11-12-8/h5H,3H2,1-2H3,(H,10,11,12). The molecule has 0 saturated carbocycles. The zero-order valence-corrected chi connectivity index (χ0v) is 7.53. The lowest BCUT2D eigenvalue weighted by atomic mass is 10.3. The van der Waals surface area contributed by atoms with E-state index in [1.165, 1.54) is 6.26 Å². The zero-order chi connectivity index (χ0) is 9.68. The van der Waals surface area contributed by atoms with E-state index in [2.05, 4.69) is 15.2 Å². The van der Waals surface area contributed by atoms with Crippen molar-refractivity contribution in [3.05, 3.63) is 17.9 Å². The monoisotopic (exact) mass is 178 g/mol. The van der Waals surface area contributed by atoms with Gasteiger partial charge in [-0.2, -0.15) is 10.4 Å². The quantitative estimate of drug-likeness (QED) is 0.553. The second-order valence-corrected chi connectivity index (χ2v) is 2.34. The van der Waals surface area contributed by atoms with Crippen molar-refractivity contribution >= 4 is 5.57 Å². The number of nitrogens with one attached hydrogen (secondary N) is 1. The average molecular weight is 178 g/mol. The van der Waals surface area contributed by atoms with Crippen molar-refractivity contribution in [1.82, 2.24) is 15.2 Å². The van der Waals surface area contributed by atoms with Crippen LogP contribution in [0.2, 0.25) is 0 Å². The molecule has 5 heteroatoms. The molecule has 1 aromatic rings. The molecule has 1 rings (SSSR count). The van der Waals surface area contributed by atoms with Crippen molar-refractivity contribution in [1.29, 1.82) is 5.26 Å². The number of nitrogens with zero attached hydrogens (tertiary/aromatic N) is 3. The molecule has 0 aliphatic carbocycles. The second kappa shape index (κ2) is 4.26. The van der Waals surface area contributed by atoms with Gasteiger partial charge in [-0.05, 0) is 13.8 Å². The highest BCUT2D eigenvalue weighted by Crippen LogP contribution is 2.07. The maximum absolute atomic E-state index is 8.72. The van der Waals surface area contributed by atoms with Gasteiger partial charge in [0.2, 0.25) is 0 Å². The molecule has 0 aliphatic rings. The van der Waals surface area contributed by atoms with Gasteiger partial charge in [0.1, 0.15) is 23.7 Å². The predicted octanol–water partition coefficient (Wildman–Crippen LogP) is 1.01. The van der Waals surface area contributed by atoms with E-state index in [1.54, 1.807) is 6.92 Å². The van der Waals surface area contributed by atoms with E-state index in [9.17, 15) is 0 Å². The van der Waals surface area contributed by atoms with Crippen LogP contribution in [0.1, 0.15) is 18.6 Å². The molecule has 0 aromatic carbocycles. The molecule has 68 valence electrons. The Morgan fingerprint density at radius 3 is 3.00 bits per heavy atom. The summed E-state index contributed by atoms with van der Waals surface area (Å²) in [6, 6.07) is 1.96. The first-order valence-electron chi connectivity index (χ1n) is 3.89. The minimum absolute atomic E-state index is 0.325. The number of aromatic amines is 1. The molecule has 1 heterocycles. The van der Waals surface area contributed by atoms with Gasteiger partial charge in [0.25, 0.3) is 0 Å². The van der Waals surface area contributed by atoms with Crippen molar-refractivity contribution in [2.24, 2.45) is 0 Å². The van der Waals surface area contributed by atoms with Crippen LogP contribution in [0.15, 0.2) is 6.26 Å². The van der Waals surface area contributed by atoms with Crippen molar-refractivity contribution in [2.45, 2.75) is 13.8 Å². The molecule has 0 aliphatic heterocycles. The van der Waals surface area contributed by atoms with E-state index >= 15 is 0 Å². The summed E-state index contributed by atoms with van der Waals surface area (Å²) in [6.07, 6.45) is 1.36. The van der Waals surface area contributed by atoms with Crippen molar-refractivity contribution in [3.8, 4) is 6.07 Å². The van der Waals surface area contributed by atoms with Gasteiger partial charge in [-0.15, -0.1) is 0 Å². The molecule has 0 atom stereocenters. The Morgan fingerprint density at radius 1 is 1.77 bits per heavy atom. The molecular formula is C8H10N4O. The fourth-order valence-corrected chi connectivity index (χ4v) is 0.759. The average Bonchev–Trinajstić information content (AvgIpc) is 2.54. The number of hydrogen-bond donors (Lipinski definition) is 1. The van der Waals surface area contributed by atoms with E-state index < -0.39 is 0 Å². The van der Waals surface area contributed by atoms with E-state index in [-0.39, 0.29) is 0 Å². The van der Waals surface area contributed by atoms with Crippen LogP contribution in [0, 0.1) is 18.3 Å². The van der Waals surface area contributed by atoms with Gasteiger partial charge < -0.3 is 4.74 Å². The molecule has 0 radical (unpaired) electrons. The maximum atomic E-state index is 8.72. The minimum atomic E-state index is 0.325. The lowest BCUT2D eigenvalue weighted by molar-refractivity contribution is 0.271. The van der Waals surface area contributed by atoms with Gasteiger partial charge in [-0.3, -0.25) is 5.10 Å². The zero-order valence-electron chi connectivity index (χ0n) is 7.53. The number of rotatable bonds is 3. The highest BCUT2D eigenvalue weighted by Gasteiger charge is 2.05. The lowest BCUT2D eigenvalue weighted by Gasteiger charge is -1.93. The Morgan fingerprint density at radius 2 is 2.54 bits per heavy atom. The van der Waals surface area contributed by atoms with Gasteiger partial charge in [-0.25, -0.2) is 4.98 Å². The molecule has 0 bridgehead atoms. The van der Waals surface area contributed by atoms with Gasteiger partial charge in [0.15, 0.2) is 5.82 Å². The molecule has 0 amide bonds. The summed E-state index contributed by atoms with van der Waals surface area (Å²) in [5, 5.41) is 15.2. The Kier molecular flexibility index (Phi) is 3.03. The molecule has 0 saturated heterocycles. The van der Waals surface area contributed by atoms with Crippen LogP contribution in [0.25, 0.3) is 5.57 Å². The number of aryl methyl sites for hydroxylation is 1. The first kappa shape index (κ1) is 9.26. The Bertz CT molecular complexity index is 347. The molecular weight excluding hydrogens is 168 g/mol. The summed E-state index contributed by atoms with van der Waals surface area (Å²) in [6.45, 7) is 4.13. The largest absolute Gasteiger partial charge is 0.500 e. The highest BCUT2D eigenvalue weighted by molar-refractivity contribution is 5.71. The number of hydrogen-bond acceptors (Lipinski definition) is 4. The molecule has 0 fully saturated rings. The van der Waals surface area contributed by atoms with E-state index in [0.29, 0.717) is 23.8 Å². The molecule has 1 aromatic heterocycles. The second-order valence-electron chi connectivity index (χ2n) is 2.34. The summed E-state index contributed by atoms with van der Waals surface area (Å²) < 4.78 is 4.97. The maximum Gasteiger partial charge on any atom is 0.194 e. The fourth-order valence-electron chi connectivity index (χ4n) is 0.759. The van der Waals surface area contributed by atoms with Crippen LogP contribution in [0.5, 0.6) is 0 Å². The molecule has 1 N–H and O–H groups in total. The Hall–Kier alpha value is -1.83. The van der Waals surface area contributed by atoms with Crippen LogP contribution in [0.3, 0.4) is 0 Å². The predicted molar refractivity (Wildman–Crippen MR) is 46.3 cm³/mol. The van der Waals surface area contributed by atoms with Crippen LogP contribution in [-0.2, 0) is 4.74 Å². The number of nitriles is 1. The number of H-pyrrole nitrogens is 1. The lowest BCUT2D eigenvalue weighted by Crippen LogP contribution is -1.87. The topological polar surface area (TPSA) is 74.6 Å². The SMILES string of the molecule is CCOC=C(C#N)c1n[nH]c(C)n1. The van der Waals surface area contributed by atoms with Gasteiger partial charge in [-0.1, -0.05) is 0 Å². The third-order valence-electron chi connectivity index (χ3n) is 1.33. The van der Waals surface area contributed by atoms with Crippen molar-refractivity contribution in [2.75, 3.05) is 6.61 Å². The molecule has 5 nitrogen and oxygen atoms in total. The first-order chi connectivity index (χ1) is 6.27.